The largest absolute Gasteiger partial charge is 0.370 e. The maximum atomic E-state index is 13.2. The number of amides is 3. The quantitative estimate of drug-likeness (QED) is 0.144. The number of allylic oxidation sites excluding steroid dienone is 1. The highest BCUT2D eigenvalue weighted by Crippen LogP contribution is 2.28. The number of fused-ring (bicyclic) bond motifs is 1. The molecule has 10 nitrogen and oxygen atoms in total. The van der Waals surface area contributed by atoms with Gasteiger partial charge in [0.1, 0.15) is 0 Å². The Hall–Kier alpha value is -3.69. The molecule has 0 unspecified atom stereocenters. The van der Waals surface area contributed by atoms with Crippen molar-refractivity contribution in [2.24, 2.45) is 34.0 Å². The zero-order valence-corrected chi connectivity index (χ0v) is 22.7. The third kappa shape index (κ3) is 9.64. The minimum atomic E-state index is -0.851. The zero-order valence-electron chi connectivity index (χ0n) is 22.7. The van der Waals surface area contributed by atoms with Gasteiger partial charge in [0.15, 0.2) is 11.7 Å². The molecule has 38 heavy (non-hydrogen) atoms. The fourth-order valence-electron chi connectivity index (χ4n) is 4.65. The van der Waals surface area contributed by atoms with Gasteiger partial charge in [-0.15, -0.1) is 0 Å². The first-order chi connectivity index (χ1) is 18.0. The molecule has 0 bridgehead atoms. The van der Waals surface area contributed by atoms with Crippen LogP contribution in [0.15, 0.2) is 35.3 Å². The fourth-order valence-corrected chi connectivity index (χ4v) is 4.65. The van der Waals surface area contributed by atoms with Crippen molar-refractivity contribution in [3.8, 4) is 0 Å². The smallest absolute Gasteiger partial charge is 0.240 e. The molecule has 1 aromatic rings. The van der Waals surface area contributed by atoms with Crippen LogP contribution in [0.2, 0.25) is 0 Å². The highest BCUT2D eigenvalue weighted by Gasteiger charge is 2.28. The van der Waals surface area contributed by atoms with Crippen molar-refractivity contribution in [1.82, 2.24) is 10.2 Å². The Morgan fingerprint density at radius 1 is 1.11 bits per heavy atom. The number of carbonyl (C=O) groups excluding carboxylic acids is 4. The summed E-state index contributed by atoms with van der Waals surface area (Å²) in [7, 11) is 0. The Balaban J connectivity index is 2.12. The summed E-state index contributed by atoms with van der Waals surface area (Å²) < 4.78 is 0. The van der Waals surface area contributed by atoms with Crippen LogP contribution in [0, 0.1) is 11.8 Å². The molecule has 0 saturated carbocycles. The molecule has 0 spiro atoms. The van der Waals surface area contributed by atoms with Crippen LogP contribution in [0.4, 0.5) is 0 Å². The first kappa shape index (κ1) is 30.5. The number of guanidine groups is 1. The summed E-state index contributed by atoms with van der Waals surface area (Å²) in [6.45, 7) is 6.06. The van der Waals surface area contributed by atoms with E-state index in [0.29, 0.717) is 25.9 Å². The summed E-state index contributed by atoms with van der Waals surface area (Å²) >= 11 is 0. The van der Waals surface area contributed by atoms with Gasteiger partial charge in [0.05, 0.1) is 12.6 Å². The van der Waals surface area contributed by atoms with Crippen molar-refractivity contribution < 1.29 is 19.2 Å². The number of benzene rings is 1. The second kappa shape index (κ2) is 14.9. The van der Waals surface area contributed by atoms with Crippen molar-refractivity contribution in [2.45, 2.75) is 65.3 Å². The molecule has 1 aliphatic carbocycles. The molecule has 0 heterocycles. The number of rotatable bonds is 16. The number of hydrogen-bond donors (Lipinski definition) is 4. The van der Waals surface area contributed by atoms with Crippen LogP contribution in [-0.2, 0) is 25.6 Å². The number of hydrogen-bond acceptors (Lipinski definition) is 5. The second-order valence-corrected chi connectivity index (χ2v) is 10.2. The highest BCUT2D eigenvalue weighted by atomic mass is 16.2. The standard InChI is InChI=1S/C28H42N6O4/c1-4-26(37)34(16-20-12-11-19-8-5-6-9-22(19)20)17-25(36)33-23(10-7-13-32-28(30)31)24(35)15-21(27(29)38)14-18(2)3/h5-6,8-9,12,18,21,23H,4,7,10-11,13-17H2,1-3H3,(H2,29,38)(H,33,36)(H4,30,31,32)/t21-,23+/m1/s1. The molecular weight excluding hydrogens is 484 g/mol. The van der Waals surface area contributed by atoms with E-state index in [4.69, 9.17) is 17.2 Å². The van der Waals surface area contributed by atoms with E-state index in [1.165, 1.54) is 10.5 Å². The minimum Gasteiger partial charge on any atom is -0.370 e. The van der Waals surface area contributed by atoms with Gasteiger partial charge >= 0.3 is 0 Å². The molecule has 0 fully saturated rings. The average molecular weight is 527 g/mol. The molecule has 3 amide bonds. The van der Waals surface area contributed by atoms with Gasteiger partial charge in [0.25, 0.3) is 0 Å². The fraction of sp³-hybridized carbons (Fsp3) is 0.536. The normalized spacial score (nSPS) is 13.7. The van der Waals surface area contributed by atoms with Crippen LogP contribution < -0.4 is 22.5 Å². The van der Waals surface area contributed by atoms with E-state index in [1.807, 2.05) is 32.0 Å². The molecule has 1 aliphatic rings. The number of nitrogens with two attached hydrogens (primary N) is 3. The number of Topliss-reactive ketones (excluding diaryl/α,β-unsaturated/α-hetero) is 1. The first-order valence-corrected chi connectivity index (χ1v) is 13.2. The number of carbonyl (C=O) groups is 4. The highest BCUT2D eigenvalue weighted by molar-refractivity contribution is 5.93. The summed E-state index contributed by atoms with van der Waals surface area (Å²) in [5.41, 5.74) is 19.6. The number of nitrogens with one attached hydrogen (secondary N) is 1. The van der Waals surface area contributed by atoms with Crippen LogP contribution in [0.1, 0.15) is 64.0 Å². The van der Waals surface area contributed by atoms with Crippen molar-refractivity contribution in [1.29, 1.82) is 0 Å². The van der Waals surface area contributed by atoms with E-state index in [-0.39, 0.29) is 49.4 Å². The van der Waals surface area contributed by atoms with E-state index < -0.39 is 23.8 Å². The van der Waals surface area contributed by atoms with Gasteiger partial charge in [0, 0.05) is 31.8 Å². The molecule has 0 radical (unpaired) electrons. The van der Waals surface area contributed by atoms with Crippen LogP contribution in [-0.4, -0.2) is 60.0 Å². The average Bonchev–Trinajstić information content (AvgIpc) is 3.26. The Morgan fingerprint density at radius 2 is 1.82 bits per heavy atom. The number of primary amides is 1. The van der Waals surface area contributed by atoms with Crippen molar-refractivity contribution >= 4 is 35.0 Å². The maximum absolute atomic E-state index is 13.2. The summed E-state index contributed by atoms with van der Waals surface area (Å²) in [5.74, 6) is -1.92. The molecule has 0 aliphatic heterocycles. The summed E-state index contributed by atoms with van der Waals surface area (Å²) in [5, 5.41) is 2.79. The van der Waals surface area contributed by atoms with Gasteiger partial charge in [0.2, 0.25) is 17.7 Å². The molecule has 2 rings (SSSR count). The SMILES string of the molecule is CCC(=O)N(CC(=O)N[C@@H](CCCN=C(N)N)C(=O)C[C@@H](CC(C)C)C(N)=O)CC1=CCc2ccccc21. The number of aliphatic imine (C=N–C) groups is 1. The topological polar surface area (TPSA) is 174 Å². The summed E-state index contributed by atoms with van der Waals surface area (Å²) in [4.78, 5) is 56.4. The lowest BCUT2D eigenvalue weighted by molar-refractivity contribution is -0.136. The molecule has 7 N–H and O–H groups in total. The Labute approximate surface area is 225 Å². The Kier molecular flexibility index (Phi) is 12.0. The Morgan fingerprint density at radius 3 is 2.45 bits per heavy atom. The van der Waals surface area contributed by atoms with E-state index >= 15 is 0 Å². The lowest BCUT2D eigenvalue weighted by Gasteiger charge is -2.25. The molecule has 2 atom stereocenters. The maximum Gasteiger partial charge on any atom is 0.240 e. The van der Waals surface area contributed by atoms with Gasteiger partial charge < -0.3 is 27.4 Å². The van der Waals surface area contributed by atoms with Crippen LogP contribution in [0.25, 0.3) is 5.57 Å². The van der Waals surface area contributed by atoms with Crippen molar-refractivity contribution in [2.75, 3.05) is 19.6 Å². The molecule has 0 aromatic heterocycles. The lowest BCUT2D eigenvalue weighted by atomic mass is 9.89. The third-order valence-electron chi connectivity index (χ3n) is 6.56. The molecule has 208 valence electrons. The lowest BCUT2D eigenvalue weighted by Crippen LogP contribution is -2.48. The second-order valence-electron chi connectivity index (χ2n) is 10.2. The van der Waals surface area contributed by atoms with Gasteiger partial charge in [-0.25, -0.2) is 0 Å². The Bertz CT molecular complexity index is 1060. The van der Waals surface area contributed by atoms with E-state index in [9.17, 15) is 19.2 Å². The predicted octanol–water partition coefficient (Wildman–Crippen LogP) is 1.51. The minimum absolute atomic E-state index is 0.0563. The van der Waals surface area contributed by atoms with Gasteiger partial charge in [-0.05, 0) is 48.3 Å². The van der Waals surface area contributed by atoms with E-state index in [1.54, 1.807) is 6.92 Å². The van der Waals surface area contributed by atoms with Crippen LogP contribution >= 0.6 is 0 Å². The number of ketones is 1. The monoisotopic (exact) mass is 526 g/mol. The molecular formula is C28H42N6O4. The van der Waals surface area contributed by atoms with Crippen molar-refractivity contribution in [3.05, 3.63) is 41.5 Å². The molecule has 1 aromatic carbocycles. The number of nitrogens with zero attached hydrogens (tertiary/aromatic N) is 2. The zero-order chi connectivity index (χ0) is 28.2. The summed E-state index contributed by atoms with van der Waals surface area (Å²) in [6, 6.07) is 7.14. The third-order valence-corrected chi connectivity index (χ3v) is 6.56. The van der Waals surface area contributed by atoms with E-state index in [2.05, 4.69) is 22.5 Å². The molecule has 10 heteroatoms. The van der Waals surface area contributed by atoms with Crippen LogP contribution in [0.3, 0.4) is 0 Å². The van der Waals surface area contributed by atoms with Gasteiger partial charge in [-0.1, -0.05) is 51.1 Å². The molecule has 0 saturated heterocycles. The van der Waals surface area contributed by atoms with Gasteiger partial charge in [-0.2, -0.15) is 0 Å². The van der Waals surface area contributed by atoms with E-state index in [0.717, 1.165) is 17.6 Å². The first-order valence-electron chi connectivity index (χ1n) is 13.2. The van der Waals surface area contributed by atoms with Crippen molar-refractivity contribution in [3.63, 3.8) is 0 Å². The van der Waals surface area contributed by atoms with Gasteiger partial charge in [-0.3, -0.25) is 24.2 Å². The van der Waals surface area contributed by atoms with Crippen LogP contribution in [0.5, 0.6) is 0 Å². The summed E-state index contributed by atoms with van der Waals surface area (Å²) in [6.07, 6.45) is 4.25. The predicted molar refractivity (Wildman–Crippen MR) is 149 cm³/mol.